The molecule has 1 atom stereocenters. The third-order valence-corrected chi connectivity index (χ3v) is 5.34. The van der Waals surface area contributed by atoms with Crippen LogP contribution in [-0.2, 0) is 14.8 Å². The SMILES string of the molecule is CCS(=O)(=O)NC[C@@H](c1ccccc1Cl)N1CCOCC1. The maximum atomic E-state index is 11.7. The second kappa shape index (κ2) is 7.56. The number of nitrogens with one attached hydrogen (secondary N) is 1. The van der Waals surface area contributed by atoms with Crippen molar-refractivity contribution in [3.8, 4) is 0 Å². The van der Waals surface area contributed by atoms with Crippen LogP contribution in [0.1, 0.15) is 18.5 Å². The molecular weight excluding hydrogens is 312 g/mol. The molecule has 0 amide bonds. The van der Waals surface area contributed by atoms with Gasteiger partial charge in [0.05, 0.1) is 19.0 Å². The van der Waals surface area contributed by atoms with E-state index in [0.29, 0.717) is 24.8 Å². The van der Waals surface area contributed by atoms with Crippen molar-refractivity contribution in [3.05, 3.63) is 34.9 Å². The maximum Gasteiger partial charge on any atom is 0.211 e. The number of hydrogen-bond donors (Lipinski definition) is 1. The van der Waals surface area contributed by atoms with E-state index in [4.69, 9.17) is 16.3 Å². The van der Waals surface area contributed by atoms with Crippen LogP contribution in [-0.4, -0.2) is 51.9 Å². The summed E-state index contributed by atoms with van der Waals surface area (Å²) >= 11 is 6.29. The van der Waals surface area contributed by atoms with E-state index in [-0.39, 0.29) is 11.8 Å². The first-order valence-corrected chi connectivity index (χ1v) is 9.10. The van der Waals surface area contributed by atoms with Crippen molar-refractivity contribution in [1.29, 1.82) is 0 Å². The first-order chi connectivity index (χ1) is 10.0. The zero-order valence-corrected chi connectivity index (χ0v) is 13.7. The average Bonchev–Trinajstić information content (AvgIpc) is 2.50. The quantitative estimate of drug-likeness (QED) is 0.860. The van der Waals surface area contributed by atoms with E-state index in [1.54, 1.807) is 6.92 Å². The van der Waals surface area contributed by atoms with Crippen molar-refractivity contribution in [2.75, 3.05) is 38.6 Å². The number of hydrogen-bond acceptors (Lipinski definition) is 4. The lowest BCUT2D eigenvalue weighted by atomic mass is 10.0. The van der Waals surface area contributed by atoms with Gasteiger partial charge in [0.1, 0.15) is 0 Å². The summed E-state index contributed by atoms with van der Waals surface area (Å²) < 4.78 is 31.5. The van der Waals surface area contributed by atoms with E-state index >= 15 is 0 Å². The fraction of sp³-hybridized carbons (Fsp3) is 0.571. The molecule has 0 unspecified atom stereocenters. The fourth-order valence-electron chi connectivity index (χ4n) is 2.38. The molecule has 2 rings (SSSR count). The lowest BCUT2D eigenvalue weighted by Gasteiger charge is -2.35. The van der Waals surface area contributed by atoms with Crippen LogP contribution >= 0.6 is 11.6 Å². The number of benzene rings is 1. The molecule has 21 heavy (non-hydrogen) atoms. The highest BCUT2D eigenvalue weighted by molar-refractivity contribution is 7.89. The molecule has 0 spiro atoms. The predicted octanol–water partition coefficient (Wildman–Crippen LogP) is 1.65. The van der Waals surface area contributed by atoms with Crippen molar-refractivity contribution in [2.24, 2.45) is 0 Å². The second-order valence-corrected chi connectivity index (χ2v) is 7.44. The zero-order chi connectivity index (χ0) is 15.3. The van der Waals surface area contributed by atoms with Crippen LogP contribution in [0.25, 0.3) is 0 Å². The van der Waals surface area contributed by atoms with Crippen molar-refractivity contribution in [2.45, 2.75) is 13.0 Å². The van der Waals surface area contributed by atoms with Gasteiger partial charge in [-0.3, -0.25) is 4.90 Å². The normalized spacial score (nSPS) is 18.6. The topological polar surface area (TPSA) is 58.6 Å². The van der Waals surface area contributed by atoms with Gasteiger partial charge in [-0.15, -0.1) is 0 Å². The fourth-order valence-corrected chi connectivity index (χ4v) is 3.26. The second-order valence-electron chi connectivity index (χ2n) is 4.94. The molecule has 1 aromatic carbocycles. The van der Waals surface area contributed by atoms with E-state index in [0.717, 1.165) is 18.7 Å². The maximum absolute atomic E-state index is 11.7. The molecule has 7 heteroatoms. The number of rotatable bonds is 6. The molecule has 0 bridgehead atoms. The minimum absolute atomic E-state index is 0.0748. The molecule has 1 aliphatic rings. The lowest BCUT2D eigenvalue weighted by Crippen LogP contribution is -2.44. The molecule has 1 heterocycles. The summed E-state index contributed by atoms with van der Waals surface area (Å²) in [5.41, 5.74) is 0.944. The van der Waals surface area contributed by atoms with Gasteiger partial charge < -0.3 is 4.74 Å². The highest BCUT2D eigenvalue weighted by atomic mass is 35.5. The molecule has 0 aromatic heterocycles. The Morgan fingerprint density at radius 3 is 2.62 bits per heavy atom. The molecule has 1 saturated heterocycles. The van der Waals surface area contributed by atoms with Gasteiger partial charge >= 0.3 is 0 Å². The molecular formula is C14H21ClN2O3S. The van der Waals surface area contributed by atoms with E-state index in [9.17, 15) is 8.42 Å². The van der Waals surface area contributed by atoms with Gasteiger partial charge in [0, 0.05) is 30.7 Å². The summed E-state index contributed by atoms with van der Waals surface area (Å²) in [5.74, 6) is 0.0748. The Morgan fingerprint density at radius 2 is 2.00 bits per heavy atom. The summed E-state index contributed by atoms with van der Waals surface area (Å²) in [4.78, 5) is 2.21. The number of halogens is 1. The standard InChI is InChI=1S/C14H21ClN2O3S/c1-2-21(18,19)16-11-14(17-7-9-20-10-8-17)12-5-3-4-6-13(12)15/h3-6,14,16H,2,7-11H2,1H3/t14-/m0/s1. The zero-order valence-electron chi connectivity index (χ0n) is 12.1. The highest BCUT2D eigenvalue weighted by Crippen LogP contribution is 2.27. The molecule has 1 N–H and O–H groups in total. The summed E-state index contributed by atoms with van der Waals surface area (Å²) in [6.45, 7) is 4.79. The van der Waals surface area contributed by atoms with Crippen LogP contribution in [0.4, 0.5) is 0 Å². The highest BCUT2D eigenvalue weighted by Gasteiger charge is 2.25. The molecule has 1 aromatic rings. The van der Waals surface area contributed by atoms with E-state index in [1.807, 2.05) is 24.3 Å². The Kier molecular flexibility index (Phi) is 6.01. The number of morpholine rings is 1. The molecule has 1 fully saturated rings. The van der Waals surface area contributed by atoms with Crippen molar-refractivity contribution in [3.63, 3.8) is 0 Å². The summed E-state index contributed by atoms with van der Waals surface area (Å²) in [5, 5.41) is 0.657. The molecule has 5 nitrogen and oxygen atoms in total. The van der Waals surface area contributed by atoms with E-state index < -0.39 is 10.0 Å². The van der Waals surface area contributed by atoms with Crippen molar-refractivity contribution in [1.82, 2.24) is 9.62 Å². The van der Waals surface area contributed by atoms with E-state index in [2.05, 4.69) is 9.62 Å². The average molecular weight is 333 g/mol. The Labute approximate surface area is 131 Å². The van der Waals surface area contributed by atoms with Crippen LogP contribution < -0.4 is 4.72 Å². The van der Waals surface area contributed by atoms with Crippen LogP contribution in [0.15, 0.2) is 24.3 Å². The van der Waals surface area contributed by atoms with Gasteiger partial charge in [0.15, 0.2) is 0 Å². The van der Waals surface area contributed by atoms with Crippen LogP contribution in [0.2, 0.25) is 5.02 Å². The van der Waals surface area contributed by atoms with Gasteiger partial charge in [-0.2, -0.15) is 0 Å². The van der Waals surface area contributed by atoms with Gasteiger partial charge in [-0.25, -0.2) is 13.1 Å². The number of sulfonamides is 1. The smallest absolute Gasteiger partial charge is 0.211 e. The largest absolute Gasteiger partial charge is 0.379 e. The first-order valence-electron chi connectivity index (χ1n) is 7.07. The molecule has 118 valence electrons. The monoisotopic (exact) mass is 332 g/mol. The summed E-state index contributed by atoms with van der Waals surface area (Å²) in [6, 6.07) is 7.49. The van der Waals surface area contributed by atoms with Crippen molar-refractivity contribution >= 4 is 21.6 Å². The summed E-state index contributed by atoms with van der Waals surface area (Å²) in [6.07, 6.45) is 0. The predicted molar refractivity (Wildman–Crippen MR) is 84.0 cm³/mol. The molecule has 1 aliphatic heterocycles. The number of ether oxygens (including phenoxy) is 1. The van der Waals surface area contributed by atoms with Crippen LogP contribution in [0.5, 0.6) is 0 Å². The van der Waals surface area contributed by atoms with Gasteiger partial charge in [-0.05, 0) is 18.6 Å². The minimum atomic E-state index is -3.23. The Morgan fingerprint density at radius 1 is 1.33 bits per heavy atom. The van der Waals surface area contributed by atoms with E-state index in [1.165, 1.54) is 0 Å². The Bertz CT molecular complexity index is 559. The van der Waals surface area contributed by atoms with Crippen LogP contribution in [0.3, 0.4) is 0 Å². The number of nitrogens with zero attached hydrogens (tertiary/aromatic N) is 1. The molecule has 0 aliphatic carbocycles. The molecule has 0 saturated carbocycles. The van der Waals surface area contributed by atoms with Gasteiger partial charge in [0.25, 0.3) is 0 Å². The Balaban J connectivity index is 2.20. The first kappa shape index (κ1) is 16.7. The lowest BCUT2D eigenvalue weighted by molar-refractivity contribution is 0.0172. The van der Waals surface area contributed by atoms with Gasteiger partial charge in [-0.1, -0.05) is 29.8 Å². The van der Waals surface area contributed by atoms with Crippen LogP contribution in [0, 0.1) is 0 Å². The van der Waals surface area contributed by atoms with Crippen molar-refractivity contribution < 1.29 is 13.2 Å². The third kappa shape index (κ3) is 4.66. The van der Waals surface area contributed by atoms with Gasteiger partial charge in [0.2, 0.25) is 10.0 Å². The minimum Gasteiger partial charge on any atom is -0.379 e. The molecule has 0 radical (unpaired) electrons. The third-order valence-electron chi connectivity index (χ3n) is 3.63. The Hall–Kier alpha value is -0.660. The summed E-state index contributed by atoms with van der Waals surface area (Å²) in [7, 11) is -3.23.